The second-order valence-corrected chi connectivity index (χ2v) is 6.64. The fourth-order valence-corrected chi connectivity index (χ4v) is 3.53. The van der Waals surface area contributed by atoms with Crippen LogP contribution in [0.4, 0.5) is 11.4 Å². The molecule has 3 rings (SSSR count). The molecular formula is C16H13ClN2O2S. The van der Waals surface area contributed by atoms with Crippen LogP contribution >= 0.6 is 23.4 Å². The van der Waals surface area contributed by atoms with E-state index < -0.39 is 5.25 Å². The summed E-state index contributed by atoms with van der Waals surface area (Å²) in [7, 11) is 0. The summed E-state index contributed by atoms with van der Waals surface area (Å²) in [5.74, 6) is -0.422. The number of hydrogen-bond acceptors (Lipinski definition) is 4. The largest absolute Gasteiger partial charge is 0.399 e. The summed E-state index contributed by atoms with van der Waals surface area (Å²) in [5.41, 5.74) is 6.83. The summed E-state index contributed by atoms with van der Waals surface area (Å²) >= 11 is 7.31. The molecule has 112 valence electrons. The smallest absolute Gasteiger partial charge is 0.247 e. The van der Waals surface area contributed by atoms with Crippen molar-refractivity contribution in [1.82, 2.24) is 0 Å². The first-order chi connectivity index (χ1) is 10.5. The zero-order valence-corrected chi connectivity index (χ0v) is 13.1. The monoisotopic (exact) mass is 332 g/mol. The maximum atomic E-state index is 12.5. The number of carbonyl (C=O) groups is 2. The summed E-state index contributed by atoms with van der Waals surface area (Å²) < 4.78 is 0. The third-order valence-corrected chi connectivity index (χ3v) is 4.76. The van der Waals surface area contributed by atoms with Crippen molar-refractivity contribution >= 4 is 46.6 Å². The van der Waals surface area contributed by atoms with Gasteiger partial charge in [-0.05, 0) is 42.5 Å². The summed E-state index contributed by atoms with van der Waals surface area (Å²) in [6.07, 6.45) is 0.181. The molecular weight excluding hydrogens is 320 g/mol. The van der Waals surface area contributed by atoms with Crippen molar-refractivity contribution in [3.8, 4) is 0 Å². The molecule has 1 aliphatic rings. The molecule has 2 N–H and O–H groups in total. The molecule has 4 nitrogen and oxygen atoms in total. The van der Waals surface area contributed by atoms with Crippen LogP contribution in [0.2, 0.25) is 5.02 Å². The van der Waals surface area contributed by atoms with Crippen molar-refractivity contribution in [1.29, 1.82) is 0 Å². The van der Waals surface area contributed by atoms with Gasteiger partial charge in [0.05, 0.1) is 10.9 Å². The third kappa shape index (κ3) is 2.96. The molecule has 0 aliphatic carbocycles. The number of rotatable bonds is 3. The minimum Gasteiger partial charge on any atom is -0.399 e. The Morgan fingerprint density at radius 2 is 1.86 bits per heavy atom. The summed E-state index contributed by atoms with van der Waals surface area (Å²) in [5, 5.41) is 0.0721. The number of anilines is 2. The van der Waals surface area contributed by atoms with Crippen molar-refractivity contribution in [3.05, 3.63) is 53.6 Å². The van der Waals surface area contributed by atoms with Gasteiger partial charge in [0.15, 0.2) is 0 Å². The van der Waals surface area contributed by atoms with Crippen LogP contribution in [-0.2, 0) is 9.59 Å². The van der Waals surface area contributed by atoms with Gasteiger partial charge in [-0.3, -0.25) is 9.59 Å². The Balaban J connectivity index is 1.81. The van der Waals surface area contributed by atoms with Crippen molar-refractivity contribution in [2.75, 3.05) is 10.6 Å². The lowest BCUT2D eigenvalue weighted by molar-refractivity contribution is -0.121. The maximum absolute atomic E-state index is 12.5. The van der Waals surface area contributed by atoms with E-state index in [0.717, 1.165) is 4.90 Å². The van der Waals surface area contributed by atoms with Crippen LogP contribution < -0.4 is 10.6 Å². The van der Waals surface area contributed by atoms with Crippen LogP contribution in [0.5, 0.6) is 0 Å². The topological polar surface area (TPSA) is 63.4 Å². The van der Waals surface area contributed by atoms with Crippen molar-refractivity contribution in [3.63, 3.8) is 0 Å². The first-order valence-electron chi connectivity index (χ1n) is 6.69. The number of halogens is 1. The Hall–Kier alpha value is -1.98. The molecule has 1 atom stereocenters. The maximum Gasteiger partial charge on any atom is 0.247 e. The van der Waals surface area contributed by atoms with E-state index in [1.807, 2.05) is 12.1 Å². The van der Waals surface area contributed by atoms with E-state index >= 15 is 0 Å². The molecule has 2 amide bonds. The average Bonchev–Trinajstić information content (AvgIpc) is 2.76. The predicted octanol–water partition coefficient (Wildman–Crippen LogP) is 3.35. The molecule has 2 aromatic rings. The Morgan fingerprint density at radius 3 is 2.55 bits per heavy atom. The lowest BCUT2D eigenvalue weighted by atomic mass is 10.3. The first kappa shape index (κ1) is 14.9. The van der Waals surface area contributed by atoms with Gasteiger partial charge in [0.1, 0.15) is 0 Å². The summed E-state index contributed by atoms with van der Waals surface area (Å²) in [6, 6.07) is 14.0. The normalized spacial score (nSPS) is 18.0. The molecule has 0 aromatic heterocycles. The van der Waals surface area contributed by atoms with Gasteiger partial charge in [0.25, 0.3) is 0 Å². The highest BCUT2D eigenvalue weighted by molar-refractivity contribution is 8.00. The van der Waals surface area contributed by atoms with Crippen LogP contribution in [-0.4, -0.2) is 17.1 Å². The molecule has 6 heteroatoms. The number of imide groups is 1. The van der Waals surface area contributed by atoms with E-state index in [2.05, 4.69) is 0 Å². The zero-order valence-electron chi connectivity index (χ0n) is 11.5. The van der Waals surface area contributed by atoms with Crippen molar-refractivity contribution in [2.45, 2.75) is 16.6 Å². The predicted molar refractivity (Wildman–Crippen MR) is 89.1 cm³/mol. The third-order valence-electron chi connectivity index (χ3n) is 3.33. The Morgan fingerprint density at radius 1 is 1.14 bits per heavy atom. The van der Waals surface area contributed by atoms with Crippen molar-refractivity contribution < 1.29 is 9.59 Å². The van der Waals surface area contributed by atoms with E-state index in [4.69, 9.17) is 17.3 Å². The van der Waals surface area contributed by atoms with Gasteiger partial charge in [-0.25, -0.2) is 4.90 Å². The van der Waals surface area contributed by atoms with Crippen LogP contribution in [0.1, 0.15) is 6.42 Å². The van der Waals surface area contributed by atoms with Crippen LogP contribution in [0, 0.1) is 0 Å². The molecule has 1 heterocycles. The lowest BCUT2D eigenvalue weighted by Crippen LogP contribution is -2.31. The van der Waals surface area contributed by atoms with Gasteiger partial charge in [-0.1, -0.05) is 17.7 Å². The Bertz CT molecular complexity index is 733. The molecule has 0 spiro atoms. The number of amides is 2. The molecule has 0 saturated carbocycles. The Kier molecular flexibility index (Phi) is 4.09. The number of thioether (sulfide) groups is 1. The second kappa shape index (κ2) is 6.02. The highest BCUT2D eigenvalue weighted by atomic mass is 35.5. The van der Waals surface area contributed by atoms with Gasteiger partial charge < -0.3 is 5.73 Å². The van der Waals surface area contributed by atoms with E-state index in [0.29, 0.717) is 16.4 Å². The first-order valence-corrected chi connectivity index (χ1v) is 7.95. The van der Waals surface area contributed by atoms with E-state index in [1.165, 1.54) is 16.7 Å². The van der Waals surface area contributed by atoms with Gasteiger partial charge in [0.2, 0.25) is 11.8 Å². The number of carbonyl (C=O) groups excluding carboxylic acids is 2. The molecule has 2 aromatic carbocycles. The van der Waals surface area contributed by atoms with Gasteiger partial charge in [-0.15, -0.1) is 11.8 Å². The summed E-state index contributed by atoms with van der Waals surface area (Å²) in [6.45, 7) is 0. The minimum absolute atomic E-state index is 0.181. The number of nitrogens with zero attached hydrogens (tertiary/aromatic N) is 1. The van der Waals surface area contributed by atoms with E-state index in [-0.39, 0.29) is 18.2 Å². The van der Waals surface area contributed by atoms with E-state index in [1.54, 1.807) is 36.4 Å². The molecule has 0 unspecified atom stereocenters. The number of hydrogen-bond donors (Lipinski definition) is 1. The number of benzene rings is 2. The fraction of sp³-hybridized carbons (Fsp3) is 0.125. The number of nitrogens with two attached hydrogens (primary N) is 1. The molecule has 0 radical (unpaired) electrons. The standard InChI is InChI=1S/C16H13ClN2O2S/c17-10-2-1-3-12(8-10)19-15(20)9-14(16(19)21)22-13-6-4-11(18)5-7-13/h1-8,14H,9,18H2/t14-/m0/s1. The van der Waals surface area contributed by atoms with Crippen LogP contribution in [0.3, 0.4) is 0 Å². The molecule has 22 heavy (non-hydrogen) atoms. The van der Waals surface area contributed by atoms with Crippen LogP contribution in [0.15, 0.2) is 53.4 Å². The lowest BCUT2D eigenvalue weighted by Gasteiger charge is -2.15. The van der Waals surface area contributed by atoms with E-state index in [9.17, 15) is 9.59 Å². The SMILES string of the molecule is Nc1ccc(S[C@H]2CC(=O)N(c3cccc(Cl)c3)C2=O)cc1. The molecule has 0 bridgehead atoms. The van der Waals surface area contributed by atoms with Crippen molar-refractivity contribution in [2.24, 2.45) is 0 Å². The fourth-order valence-electron chi connectivity index (χ4n) is 2.29. The Labute approximate surface area is 137 Å². The molecule has 1 fully saturated rings. The average molecular weight is 333 g/mol. The highest BCUT2D eigenvalue weighted by Crippen LogP contribution is 2.34. The van der Waals surface area contributed by atoms with Gasteiger partial charge >= 0.3 is 0 Å². The van der Waals surface area contributed by atoms with Crippen LogP contribution in [0.25, 0.3) is 0 Å². The zero-order chi connectivity index (χ0) is 15.7. The summed E-state index contributed by atoms with van der Waals surface area (Å²) in [4.78, 5) is 26.8. The number of nitrogen functional groups attached to an aromatic ring is 1. The minimum atomic E-state index is -0.421. The molecule has 1 aliphatic heterocycles. The quantitative estimate of drug-likeness (QED) is 0.691. The van der Waals surface area contributed by atoms with Gasteiger partial charge in [-0.2, -0.15) is 0 Å². The highest BCUT2D eigenvalue weighted by Gasteiger charge is 2.40. The van der Waals surface area contributed by atoms with Gasteiger partial charge in [0, 0.05) is 22.0 Å². The second-order valence-electron chi connectivity index (χ2n) is 4.93. The molecule has 1 saturated heterocycles.